The van der Waals surface area contributed by atoms with E-state index in [1.54, 1.807) is 0 Å². The van der Waals surface area contributed by atoms with Crippen LogP contribution < -0.4 is 4.90 Å². The first-order valence-corrected chi connectivity index (χ1v) is 10.0. The van der Waals surface area contributed by atoms with E-state index in [1.807, 2.05) is 0 Å². The number of piperidine rings is 1. The van der Waals surface area contributed by atoms with E-state index in [-0.39, 0.29) is 12.0 Å². The van der Waals surface area contributed by atoms with Crippen molar-refractivity contribution < 1.29 is 9.84 Å². The number of aryl methyl sites for hydroxylation is 1. The van der Waals surface area contributed by atoms with Crippen LogP contribution in [0.3, 0.4) is 0 Å². The minimum Gasteiger partial charge on any atom is -0.396 e. The zero-order valence-electron chi connectivity index (χ0n) is 15.8. The Morgan fingerprint density at radius 2 is 2.04 bits per heavy atom. The van der Waals surface area contributed by atoms with Gasteiger partial charge in [0.2, 0.25) is 0 Å². The fraction of sp³-hybridized carbons (Fsp3) is 0.591. The van der Waals surface area contributed by atoms with Gasteiger partial charge in [-0.1, -0.05) is 18.2 Å². The molecule has 26 heavy (non-hydrogen) atoms. The van der Waals surface area contributed by atoms with Crippen molar-refractivity contribution >= 4 is 16.7 Å². The van der Waals surface area contributed by atoms with Crippen LogP contribution in [0.5, 0.6) is 0 Å². The van der Waals surface area contributed by atoms with Gasteiger partial charge in [-0.3, -0.25) is 0 Å². The number of fused-ring (bicyclic) bond motifs is 1. The van der Waals surface area contributed by atoms with Crippen LogP contribution in [-0.4, -0.2) is 42.5 Å². The van der Waals surface area contributed by atoms with E-state index in [0.717, 1.165) is 56.7 Å². The summed E-state index contributed by atoms with van der Waals surface area (Å²) in [6.45, 7) is 5.23. The Bertz CT molecular complexity index is 747. The summed E-state index contributed by atoms with van der Waals surface area (Å²) in [7, 11) is 0. The summed E-state index contributed by atoms with van der Waals surface area (Å²) < 4.78 is 5.95. The molecule has 1 atom stereocenters. The van der Waals surface area contributed by atoms with E-state index >= 15 is 0 Å². The first-order chi connectivity index (χ1) is 12.7. The number of nitrogens with zero attached hydrogens (tertiary/aromatic N) is 2. The predicted octanol–water partition coefficient (Wildman–Crippen LogP) is 4.08. The van der Waals surface area contributed by atoms with Gasteiger partial charge >= 0.3 is 0 Å². The number of pyridine rings is 1. The highest BCUT2D eigenvalue weighted by molar-refractivity contribution is 5.83. The predicted molar refractivity (Wildman–Crippen MR) is 106 cm³/mol. The van der Waals surface area contributed by atoms with Gasteiger partial charge in [0.1, 0.15) is 5.82 Å². The van der Waals surface area contributed by atoms with Crippen molar-refractivity contribution in [2.24, 2.45) is 5.41 Å². The van der Waals surface area contributed by atoms with Crippen LogP contribution in [0.2, 0.25) is 0 Å². The number of rotatable bonds is 4. The van der Waals surface area contributed by atoms with Crippen LogP contribution in [-0.2, 0) is 4.74 Å². The third-order valence-corrected chi connectivity index (χ3v) is 6.33. The first kappa shape index (κ1) is 17.7. The molecule has 0 radical (unpaired) electrons. The molecule has 3 heterocycles. The normalized spacial score (nSPS) is 23.3. The molecule has 4 nitrogen and oxygen atoms in total. The molecule has 1 aromatic heterocycles. The molecule has 140 valence electrons. The van der Waals surface area contributed by atoms with Crippen molar-refractivity contribution in [1.82, 2.24) is 4.98 Å². The quantitative estimate of drug-likeness (QED) is 0.898. The molecular weight excluding hydrogens is 324 g/mol. The lowest BCUT2D eigenvalue weighted by Crippen LogP contribution is -2.44. The summed E-state index contributed by atoms with van der Waals surface area (Å²) in [6, 6.07) is 10.6. The monoisotopic (exact) mass is 354 g/mol. The van der Waals surface area contributed by atoms with Gasteiger partial charge in [-0.05, 0) is 68.6 Å². The fourth-order valence-electron chi connectivity index (χ4n) is 4.58. The van der Waals surface area contributed by atoms with Gasteiger partial charge < -0.3 is 14.7 Å². The standard InChI is InChI=1S/C22H30N2O2/c1-17-14-21(23-20-8-3-2-7-19(17)20)24-11-9-22(16-25,10-12-24)15-18-6-4-5-13-26-18/h2-3,7-8,14,18,25H,4-6,9-13,15-16H2,1H3/t18-/m1/s1. The average Bonchev–Trinajstić information content (AvgIpc) is 2.69. The molecule has 0 amide bonds. The smallest absolute Gasteiger partial charge is 0.129 e. The highest BCUT2D eigenvalue weighted by Crippen LogP contribution is 2.39. The summed E-state index contributed by atoms with van der Waals surface area (Å²) >= 11 is 0. The highest BCUT2D eigenvalue weighted by Gasteiger charge is 2.37. The molecule has 0 spiro atoms. The minimum atomic E-state index is 0.0183. The lowest BCUT2D eigenvalue weighted by atomic mass is 9.74. The molecule has 4 heteroatoms. The van der Waals surface area contributed by atoms with E-state index in [2.05, 4.69) is 42.2 Å². The van der Waals surface area contributed by atoms with E-state index < -0.39 is 0 Å². The number of hydrogen-bond acceptors (Lipinski definition) is 4. The van der Waals surface area contributed by atoms with Crippen molar-refractivity contribution in [3.63, 3.8) is 0 Å². The molecule has 1 N–H and O–H groups in total. The lowest BCUT2D eigenvalue weighted by Gasteiger charge is -2.43. The van der Waals surface area contributed by atoms with Crippen LogP contribution in [0.15, 0.2) is 30.3 Å². The molecule has 2 fully saturated rings. The molecule has 4 rings (SSSR count). The Morgan fingerprint density at radius 3 is 2.77 bits per heavy atom. The number of ether oxygens (including phenoxy) is 1. The number of aromatic nitrogens is 1. The number of benzene rings is 1. The Kier molecular flexibility index (Phi) is 5.14. The third kappa shape index (κ3) is 3.58. The van der Waals surface area contributed by atoms with Crippen molar-refractivity contribution in [3.05, 3.63) is 35.9 Å². The van der Waals surface area contributed by atoms with Gasteiger partial charge in [0.25, 0.3) is 0 Å². The van der Waals surface area contributed by atoms with E-state index in [4.69, 9.17) is 9.72 Å². The SMILES string of the molecule is Cc1cc(N2CCC(CO)(C[C@H]3CCCCO3)CC2)nc2ccccc12. The van der Waals surface area contributed by atoms with Crippen molar-refractivity contribution in [2.75, 3.05) is 31.2 Å². The minimum absolute atomic E-state index is 0.0183. The molecule has 0 unspecified atom stereocenters. The maximum Gasteiger partial charge on any atom is 0.129 e. The molecule has 0 aliphatic carbocycles. The van der Waals surface area contributed by atoms with Crippen LogP contribution in [0.4, 0.5) is 5.82 Å². The zero-order chi connectivity index (χ0) is 18.0. The van der Waals surface area contributed by atoms with Gasteiger partial charge in [0.15, 0.2) is 0 Å². The van der Waals surface area contributed by atoms with Crippen molar-refractivity contribution in [2.45, 2.75) is 51.6 Å². The summed E-state index contributed by atoms with van der Waals surface area (Å²) in [5.74, 6) is 1.07. The molecule has 0 bridgehead atoms. The second-order valence-electron chi connectivity index (χ2n) is 8.15. The van der Waals surface area contributed by atoms with Gasteiger partial charge in [-0.15, -0.1) is 0 Å². The Hall–Kier alpha value is -1.65. The first-order valence-electron chi connectivity index (χ1n) is 10.0. The maximum atomic E-state index is 10.1. The molecular formula is C22H30N2O2. The molecule has 0 saturated carbocycles. The maximum absolute atomic E-state index is 10.1. The number of aliphatic hydroxyl groups is 1. The lowest BCUT2D eigenvalue weighted by molar-refractivity contribution is -0.0355. The Labute approximate surface area is 156 Å². The molecule has 1 aromatic carbocycles. The highest BCUT2D eigenvalue weighted by atomic mass is 16.5. The van der Waals surface area contributed by atoms with Crippen molar-refractivity contribution in [1.29, 1.82) is 0 Å². The third-order valence-electron chi connectivity index (χ3n) is 6.33. The summed E-state index contributed by atoms with van der Waals surface area (Å²) in [5, 5.41) is 11.4. The van der Waals surface area contributed by atoms with Gasteiger partial charge in [0, 0.05) is 31.7 Å². The number of anilines is 1. The van der Waals surface area contributed by atoms with Crippen molar-refractivity contribution in [3.8, 4) is 0 Å². The van der Waals surface area contributed by atoms with Crippen LogP contribution >= 0.6 is 0 Å². The Morgan fingerprint density at radius 1 is 1.23 bits per heavy atom. The molecule has 2 saturated heterocycles. The molecule has 2 aliphatic heterocycles. The largest absolute Gasteiger partial charge is 0.396 e. The second-order valence-corrected chi connectivity index (χ2v) is 8.15. The van der Waals surface area contributed by atoms with Gasteiger partial charge in [0.05, 0.1) is 11.6 Å². The second kappa shape index (κ2) is 7.53. The summed E-state index contributed by atoms with van der Waals surface area (Å²) in [4.78, 5) is 7.27. The van der Waals surface area contributed by atoms with Gasteiger partial charge in [-0.25, -0.2) is 4.98 Å². The summed E-state index contributed by atoms with van der Waals surface area (Å²) in [5.41, 5.74) is 2.36. The topological polar surface area (TPSA) is 45.6 Å². The molecule has 2 aromatic rings. The number of aliphatic hydroxyl groups excluding tert-OH is 1. The van der Waals surface area contributed by atoms with Crippen LogP contribution in [0.25, 0.3) is 10.9 Å². The number of hydrogen-bond donors (Lipinski definition) is 1. The molecule has 2 aliphatic rings. The average molecular weight is 354 g/mol. The van der Waals surface area contributed by atoms with E-state index in [1.165, 1.54) is 23.8 Å². The zero-order valence-corrected chi connectivity index (χ0v) is 15.8. The van der Waals surface area contributed by atoms with E-state index in [0.29, 0.717) is 6.10 Å². The summed E-state index contributed by atoms with van der Waals surface area (Å²) in [6.07, 6.45) is 6.96. The van der Waals surface area contributed by atoms with Gasteiger partial charge in [-0.2, -0.15) is 0 Å². The fourth-order valence-corrected chi connectivity index (χ4v) is 4.58. The van der Waals surface area contributed by atoms with Crippen LogP contribution in [0, 0.1) is 12.3 Å². The number of para-hydroxylation sites is 1. The van der Waals surface area contributed by atoms with E-state index in [9.17, 15) is 5.11 Å². The Balaban J connectivity index is 1.47. The van der Waals surface area contributed by atoms with Crippen LogP contribution in [0.1, 0.15) is 44.1 Å².